The third kappa shape index (κ3) is 6.50. The minimum Gasteiger partial charge on any atom is -0.494 e. The second kappa shape index (κ2) is 9.61. The monoisotopic (exact) mass is 320 g/mol. The quantitative estimate of drug-likeness (QED) is 0.678. The van der Waals surface area contributed by atoms with E-state index >= 15 is 0 Å². The Kier molecular flexibility index (Phi) is 7.80. The Balaban J connectivity index is 2.43. The average molecular weight is 320 g/mol. The molecule has 1 aromatic carbocycles. The number of nitrogens with one attached hydrogen (secondary N) is 2. The minimum absolute atomic E-state index is 0.0514. The predicted octanol–water partition coefficient (Wildman–Crippen LogP) is 1.69. The van der Waals surface area contributed by atoms with Crippen molar-refractivity contribution in [3.05, 3.63) is 29.8 Å². The smallest absolute Gasteiger partial charge is 0.242 e. The topological polar surface area (TPSA) is 84.5 Å². The molecule has 0 aliphatic rings. The number of amides is 2. The summed E-state index contributed by atoms with van der Waals surface area (Å²) in [7, 11) is 0. The van der Waals surface area contributed by atoms with Gasteiger partial charge in [-0.05, 0) is 45.0 Å². The first-order valence-electron chi connectivity index (χ1n) is 7.81. The lowest BCUT2D eigenvalue weighted by Crippen LogP contribution is -2.44. The summed E-state index contributed by atoms with van der Waals surface area (Å²) in [5.41, 5.74) is 0.540. The van der Waals surface area contributed by atoms with Crippen molar-refractivity contribution in [2.75, 3.05) is 13.2 Å². The van der Waals surface area contributed by atoms with Crippen LogP contribution in [0.3, 0.4) is 0 Å². The SMILES string of the molecule is CCNC(=O)[C@H](C)NC(=O)CCC(=O)c1ccc(OCC)cc1. The lowest BCUT2D eigenvalue weighted by molar-refractivity contribution is -0.128. The molecule has 23 heavy (non-hydrogen) atoms. The first-order chi connectivity index (χ1) is 11.0. The molecule has 6 nitrogen and oxygen atoms in total. The maximum atomic E-state index is 12.0. The molecule has 0 unspecified atom stereocenters. The average Bonchev–Trinajstić information content (AvgIpc) is 2.53. The van der Waals surface area contributed by atoms with Crippen LogP contribution in [0.1, 0.15) is 44.0 Å². The lowest BCUT2D eigenvalue weighted by Gasteiger charge is -2.13. The maximum Gasteiger partial charge on any atom is 0.242 e. The molecule has 0 aliphatic carbocycles. The summed E-state index contributed by atoms with van der Waals surface area (Å²) in [5, 5.41) is 5.20. The highest BCUT2D eigenvalue weighted by Gasteiger charge is 2.15. The molecule has 0 spiro atoms. The number of likely N-dealkylation sites (N-methyl/N-ethyl adjacent to an activating group) is 1. The Bertz CT molecular complexity index is 540. The molecule has 0 aliphatic heterocycles. The van der Waals surface area contributed by atoms with Crippen LogP contribution >= 0.6 is 0 Å². The lowest BCUT2D eigenvalue weighted by atomic mass is 10.1. The molecule has 1 rings (SSSR count). The van der Waals surface area contributed by atoms with E-state index in [2.05, 4.69) is 10.6 Å². The van der Waals surface area contributed by atoms with Gasteiger partial charge in [0.25, 0.3) is 0 Å². The van der Waals surface area contributed by atoms with Crippen LogP contribution in [0.15, 0.2) is 24.3 Å². The van der Waals surface area contributed by atoms with Crippen molar-refractivity contribution in [3.8, 4) is 5.75 Å². The zero-order chi connectivity index (χ0) is 17.2. The highest BCUT2D eigenvalue weighted by Crippen LogP contribution is 2.14. The molecule has 1 aromatic rings. The highest BCUT2D eigenvalue weighted by atomic mass is 16.5. The van der Waals surface area contributed by atoms with Crippen LogP contribution in [0.2, 0.25) is 0 Å². The van der Waals surface area contributed by atoms with Gasteiger partial charge >= 0.3 is 0 Å². The number of ether oxygens (including phenoxy) is 1. The largest absolute Gasteiger partial charge is 0.494 e. The van der Waals surface area contributed by atoms with Gasteiger partial charge in [-0.15, -0.1) is 0 Å². The van der Waals surface area contributed by atoms with E-state index in [0.717, 1.165) is 0 Å². The maximum absolute atomic E-state index is 12.0. The second-order valence-electron chi connectivity index (χ2n) is 5.06. The minimum atomic E-state index is -0.608. The van der Waals surface area contributed by atoms with Gasteiger partial charge in [-0.2, -0.15) is 0 Å². The van der Waals surface area contributed by atoms with Gasteiger partial charge in [-0.3, -0.25) is 14.4 Å². The summed E-state index contributed by atoms with van der Waals surface area (Å²) in [6, 6.07) is 6.22. The third-order valence-electron chi connectivity index (χ3n) is 3.19. The van der Waals surface area contributed by atoms with E-state index < -0.39 is 6.04 Å². The van der Waals surface area contributed by atoms with Gasteiger partial charge in [0.15, 0.2) is 5.78 Å². The summed E-state index contributed by atoms with van der Waals surface area (Å²) in [6.45, 7) is 6.38. The van der Waals surface area contributed by atoms with Gasteiger partial charge in [0.2, 0.25) is 11.8 Å². The predicted molar refractivity (Wildman–Crippen MR) is 87.5 cm³/mol. The number of rotatable bonds is 9. The van der Waals surface area contributed by atoms with Gasteiger partial charge in [-0.25, -0.2) is 0 Å². The van der Waals surface area contributed by atoms with Crippen LogP contribution in [0.4, 0.5) is 0 Å². The molecule has 0 fully saturated rings. The number of carbonyl (C=O) groups excluding carboxylic acids is 3. The summed E-state index contributed by atoms with van der Waals surface area (Å²) in [5.74, 6) is 0.0353. The van der Waals surface area contributed by atoms with Crippen molar-refractivity contribution in [2.24, 2.45) is 0 Å². The van der Waals surface area contributed by atoms with E-state index in [1.165, 1.54) is 0 Å². The van der Waals surface area contributed by atoms with Crippen LogP contribution in [0, 0.1) is 0 Å². The van der Waals surface area contributed by atoms with Crippen molar-refractivity contribution >= 4 is 17.6 Å². The third-order valence-corrected chi connectivity index (χ3v) is 3.19. The molecular formula is C17H24N2O4. The van der Waals surface area contributed by atoms with Gasteiger partial charge in [0, 0.05) is 24.9 Å². The molecule has 0 saturated heterocycles. The van der Waals surface area contributed by atoms with Crippen LogP contribution in [0.25, 0.3) is 0 Å². The number of ketones is 1. The molecular weight excluding hydrogens is 296 g/mol. The van der Waals surface area contributed by atoms with Crippen molar-refractivity contribution in [3.63, 3.8) is 0 Å². The molecule has 0 bridgehead atoms. The van der Waals surface area contributed by atoms with Crippen LogP contribution in [0.5, 0.6) is 5.75 Å². The number of hydrogen-bond donors (Lipinski definition) is 2. The number of Topliss-reactive ketones (excluding diaryl/α,β-unsaturated/α-hetero) is 1. The molecule has 6 heteroatoms. The van der Waals surface area contributed by atoms with Crippen molar-refractivity contribution in [1.82, 2.24) is 10.6 Å². The van der Waals surface area contributed by atoms with Gasteiger partial charge < -0.3 is 15.4 Å². The molecule has 0 saturated carbocycles. The van der Waals surface area contributed by atoms with Crippen LogP contribution < -0.4 is 15.4 Å². The van der Waals surface area contributed by atoms with Gasteiger partial charge in [0.1, 0.15) is 11.8 Å². The number of carbonyl (C=O) groups is 3. The normalized spacial score (nSPS) is 11.4. The van der Waals surface area contributed by atoms with Crippen molar-refractivity contribution in [1.29, 1.82) is 0 Å². The molecule has 0 aromatic heterocycles. The summed E-state index contributed by atoms with van der Waals surface area (Å²) >= 11 is 0. The van der Waals surface area contributed by atoms with Gasteiger partial charge in [-0.1, -0.05) is 0 Å². The fourth-order valence-corrected chi connectivity index (χ4v) is 1.98. The molecule has 0 heterocycles. The second-order valence-corrected chi connectivity index (χ2v) is 5.06. The Morgan fingerprint density at radius 3 is 2.30 bits per heavy atom. The van der Waals surface area contributed by atoms with Gasteiger partial charge in [0.05, 0.1) is 6.61 Å². The first kappa shape index (κ1) is 18.7. The van der Waals surface area contributed by atoms with E-state index in [9.17, 15) is 14.4 Å². The zero-order valence-electron chi connectivity index (χ0n) is 13.8. The molecule has 2 N–H and O–H groups in total. The molecule has 126 valence electrons. The Morgan fingerprint density at radius 2 is 1.74 bits per heavy atom. The Labute approximate surface area is 136 Å². The number of benzene rings is 1. The zero-order valence-corrected chi connectivity index (χ0v) is 13.8. The van der Waals surface area contributed by atoms with E-state index in [0.29, 0.717) is 24.5 Å². The summed E-state index contributed by atoms with van der Waals surface area (Å²) in [6.07, 6.45) is 0.151. The van der Waals surface area contributed by atoms with E-state index in [1.54, 1.807) is 31.2 Å². The molecule has 0 radical (unpaired) electrons. The van der Waals surface area contributed by atoms with E-state index in [-0.39, 0.29) is 30.4 Å². The summed E-state index contributed by atoms with van der Waals surface area (Å²) in [4.78, 5) is 35.3. The van der Waals surface area contributed by atoms with Crippen molar-refractivity contribution in [2.45, 2.75) is 39.7 Å². The number of hydrogen-bond acceptors (Lipinski definition) is 4. The standard InChI is InChI=1S/C17H24N2O4/c1-4-18-17(22)12(3)19-16(21)11-10-15(20)13-6-8-14(9-7-13)23-5-2/h6-9,12H,4-5,10-11H2,1-3H3,(H,18,22)(H,19,21)/t12-/m0/s1. The van der Waals surface area contributed by atoms with Crippen molar-refractivity contribution < 1.29 is 19.1 Å². The molecule has 1 atom stereocenters. The summed E-state index contributed by atoms with van der Waals surface area (Å²) < 4.78 is 5.31. The Morgan fingerprint density at radius 1 is 1.09 bits per heavy atom. The first-order valence-corrected chi connectivity index (χ1v) is 7.81. The fraction of sp³-hybridized carbons (Fsp3) is 0.471. The Hall–Kier alpha value is -2.37. The molecule has 2 amide bonds. The van der Waals surface area contributed by atoms with E-state index in [4.69, 9.17) is 4.74 Å². The fourth-order valence-electron chi connectivity index (χ4n) is 1.98. The van der Waals surface area contributed by atoms with E-state index in [1.807, 2.05) is 13.8 Å². The highest BCUT2D eigenvalue weighted by molar-refractivity contribution is 5.98. The van der Waals surface area contributed by atoms with Crippen LogP contribution in [-0.2, 0) is 9.59 Å². The van der Waals surface area contributed by atoms with Crippen LogP contribution in [-0.4, -0.2) is 36.8 Å².